The largest absolute Gasteiger partial charge is 0.381 e. The first-order chi connectivity index (χ1) is 5.83. The van der Waals surface area contributed by atoms with E-state index in [4.69, 9.17) is 4.74 Å². The van der Waals surface area contributed by atoms with Gasteiger partial charge in [-0.25, -0.2) is 0 Å². The zero-order valence-corrected chi connectivity index (χ0v) is 8.91. The van der Waals surface area contributed by atoms with Crippen LogP contribution in [0.4, 0.5) is 0 Å². The topological polar surface area (TPSA) is 9.23 Å². The van der Waals surface area contributed by atoms with E-state index in [0.29, 0.717) is 5.41 Å². The summed E-state index contributed by atoms with van der Waals surface area (Å²) in [6.07, 6.45) is 6.44. The van der Waals surface area contributed by atoms with E-state index in [-0.39, 0.29) is 0 Å². The number of thiol groups is 1. The third-order valence-corrected chi connectivity index (χ3v) is 3.47. The van der Waals surface area contributed by atoms with E-state index >= 15 is 0 Å². The van der Waals surface area contributed by atoms with E-state index in [1.807, 2.05) is 0 Å². The Kier molecular flexibility index (Phi) is 4.44. The Morgan fingerprint density at radius 2 is 2.17 bits per heavy atom. The molecule has 0 aromatic rings. The molecule has 0 saturated heterocycles. The molecule has 0 bridgehead atoms. The zero-order chi connectivity index (χ0) is 8.86. The summed E-state index contributed by atoms with van der Waals surface area (Å²) in [6.45, 7) is 4.07. The molecule has 0 aliphatic heterocycles. The van der Waals surface area contributed by atoms with Gasteiger partial charge in [0.15, 0.2) is 0 Å². The summed E-state index contributed by atoms with van der Waals surface area (Å²) in [5.74, 6) is 0.999. The molecule has 0 radical (unpaired) electrons. The molecule has 0 heterocycles. The van der Waals surface area contributed by atoms with Crippen molar-refractivity contribution in [1.29, 1.82) is 0 Å². The van der Waals surface area contributed by atoms with Gasteiger partial charge in [0.25, 0.3) is 0 Å². The van der Waals surface area contributed by atoms with Crippen molar-refractivity contribution < 1.29 is 4.74 Å². The van der Waals surface area contributed by atoms with E-state index < -0.39 is 0 Å². The maximum Gasteiger partial charge on any atom is 0.0530 e. The molecule has 0 atom stereocenters. The van der Waals surface area contributed by atoms with Crippen LogP contribution in [-0.2, 0) is 4.74 Å². The Bertz CT molecular complexity index is 115. The van der Waals surface area contributed by atoms with Gasteiger partial charge in [-0.05, 0) is 25.0 Å². The first kappa shape index (κ1) is 10.4. The monoisotopic (exact) mass is 188 g/mol. The molecule has 1 fully saturated rings. The van der Waals surface area contributed by atoms with Crippen molar-refractivity contribution in [3.8, 4) is 0 Å². The number of rotatable bonds is 6. The second-order valence-corrected chi connectivity index (χ2v) is 4.23. The fourth-order valence-corrected chi connectivity index (χ4v) is 1.97. The first-order valence-electron chi connectivity index (χ1n) is 5.01. The van der Waals surface area contributed by atoms with Gasteiger partial charge in [0.2, 0.25) is 0 Å². The average Bonchev–Trinajstić information content (AvgIpc) is 2.02. The third kappa shape index (κ3) is 2.67. The highest BCUT2D eigenvalue weighted by Crippen LogP contribution is 2.41. The number of hydrogen-bond acceptors (Lipinski definition) is 2. The van der Waals surface area contributed by atoms with Crippen LogP contribution in [0.15, 0.2) is 0 Å². The summed E-state index contributed by atoms with van der Waals surface area (Å²) in [5.41, 5.74) is 0.455. The minimum absolute atomic E-state index is 0.455. The quantitative estimate of drug-likeness (QED) is 0.498. The maximum absolute atomic E-state index is 5.62. The lowest BCUT2D eigenvalue weighted by Crippen LogP contribution is -2.36. The zero-order valence-electron chi connectivity index (χ0n) is 8.01. The van der Waals surface area contributed by atoms with Crippen molar-refractivity contribution in [3.63, 3.8) is 0 Å². The summed E-state index contributed by atoms with van der Waals surface area (Å²) < 4.78 is 5.62. The summed E-state index contributed by atoms with van der Waals surface area (Å²) in [7, 11) is 0. The van der Waals surface area contributed by atoms with Crippen molar-refractivity contribution in [2.75, 3.05) is 19.0 Å². The standard InChI is InChI=1S/C10H20OS/c1-2-3-7-11-8-10(9-12)5-4-6-10/h12H,2-9H2,1H3. The Balaban J connectivity index is 2.04. The summed E-state index contributed by atoms with van der Waals surface area (Å²) in [5, 5.41) is 0. The molecule has 1 nitrogen and oxygen atoms in total. The Hall–Kier alpha value is 0.310. The van der Waals surface area contributed by atoms with Crippen LogP contribution in [0.5, 0.6) is 0 Å². The minimum atomic E-state index is 0.455. The van der Waals surface area contributed by atoms with Gasteiger partial charge in [0.05, 0.1) is 6.61 Å². The van der Waals surface area contributed by atoms with Crippen molar-refractivity contribution in [3.05, 3.63) is 0 Å². The van der Waals surface area contributed by atoms with Gasteiger partial charge in [-0.2, -0.15) is 12.6 Å². The molecule has 1 aliphatic carbocycles. The predicted octanol–water partition coefficient (Wildman–Crippen LogP) is 2.90. The summed E-state index contributed by atoms with van der Waals surface area (Å²) >= 11 is 4.38. The average molecular weight is 188 g/mol. The Morgan fingerprint density at radius 1 is 1.42 bits per heavy atom. The lowest BCUT2D eigenvalue weighted by molar-refractivity contribution is 0.00942. The number of unbranched alkanes of at least 4 members (excludes halogenated alkanes) is 1. The molecule has 0 amide bonds. The SMILES string of the molecule is CCCCOCC1(CS)CCC1. The fourth-order valence-electron chi connectivity index (χ4n) is 1.56. The lowest BCUT2D eigenvalue weighted by Gasteiger charge is -2.40. The van der Waals surface area contributed by atoms with Crippen molar-refractivity contribution in [2.24, 2.45) is 5.41 Å². The fraction of sp³-hybridized carbons (Fsp3) is 1.00. The van der Waals surface area contributed by atoms with Crippen LogP contribution in [0.2, 0.25) is 0 Å². The predicted molar refractivity (Wildman–Crippen MR) is 55.9 cm³/mol. The van der Waals surface area contributed by atoms with E-state index in [0.717, 1.165) is 19.0 Å². The summed E-state index contributed by atoms with van der Waals surface area (Å²) in [6, 6.07) is 0. The highest BCUT2D eigenvalue weighted by atomic mass is 32.1. The van der Waals surface area contributed by atoms with E-state index in [2.05, 4.69) is 19.6 Å². The Labute approximate surface area is 81.3 Å². The maximum atomic E-state index is 5.62. The van der Waals surface area contributed by atoms with Crippen molar-refractivity contribution in [2.45, 2.75) is 39.0 Å². The first-order valence-corrected chi connectivity index (χ1v) is 5.65. The van der Waals surface area contributed by atoms with Crippen LogP contribution in [-0.4, -0.2) is 19.0 Å². The second kappa shape index (κ2) is 5.13. The van der Waals surface area contributed by atoms with Crippen molar-refractivity contribution in [1.82, 2.24) is 0 Å². The molecule has 0 aromatic carbocycles. The molecule has 12 heavy (non-hydrogen) atoms. The van der Waals surface area contributed by atoms with Crippen LogP contribution in [0.25, 0.3) is 0 Å². The van der Waals surface area contributed by atoms with Crippen LogP contribution in [0.1, 0.15) is 39.0 Å². The lowest BCUT2D eigenvalue weighted by atomic mass is 9.71. The molecule has 0 aromatic heterocycles. The normalized spacial score (nSPS) is 20.5. The van der Waals surface area contributed by atoms with Gasteiger partial charge < -0.3 is 4.74 Å². The minimum Gasteiger partial charge on any atom is -0.381 e. The summed E-state index contributed by atoms with van der Waals surface area (Å²) in [4.78, 5) is 0. The highest BCUT2D eigenvalue weighted by molar-refractivity contribution is 7.80. The second-order valence-electron chi connectivity index (χ2n) is 3.92. The molecular weight excluding hydrogens is 168 g/mol. The van der Waals surface area contributed by atoms with E-state index in [1.54, 1.807) is 0 Å². The highest BCUT2D eigenvalue weighted by Gasteiger charge is 2.35. The van der Waals surface area contributed by atoms with Gasteiger partial charge in [-0.15, -0.1) is 0 Å². The van der Waals surface area contributed by atoms with Gasteiger partial charge in [0.1, 0.15) is 0 Å². The van der Waals surface area contributed by atoms with Crippen LogP contribution in [0.3, 0.4) is 0 Å². The van der Waals surface area contributed by atoms with Crippen LogP contribution < -0.4 is 0 Å². The Morgan fingerprint density at radius 3 is 2.58 bits per heavy atom. The molecule has 1 aliphatic rings. The van der Waals surface area contributed by atoms with Crippen LogP contribution in [0, 0.1) is 5.41 Å². The molecular formula is C10H20OS. The van der Waals surface area contributed by atoms with E-state index in [1.165, 1.54) is 32.1 Å². The van der Waals surface area contributed by atoms with Crippen molar-refractivity contribution >= 4 is 12.6 Å². The van der Waals surface area contributed by atoms with E-state index in [9.17, 15) is 0 Å². The molecule has 0 N–H and O–H groups in total. The van der Waals surface area contributed by atoms with Gasteiger partial charge in [-0.1, -0.05) is 19.8 Å². The molecule has 1 saturated carbocycles. The molecule has 0 spiro atoms. The molecule has 2 heteroatoms. The van der Waals surface area contributed by atoms with Crippen LogP contribution >= 0.6 is 12.6 Å². The van der Waals surface area contributed by atoms with Gasteiger partial charge >= 0.3 is 0 Å². The smallest absolute Gasteiger partial charge is 0.0530 e. The van der Waals surface area contributed by atoms with Gasteiger partial charge in [-0.3, -0.25) is 0 Å². The number of hydrogen-bond donors (Lipinski definition) is 1. The van der Waals surface area contributed by atoms with Gasteiger partial charge in [0, 0.05) is 12.0 Å². The molecule has 0 unspecified atom stereocenters. The molecule has 72 valence electrons. The number of ether oxygens (including phenoxy) is 1. The molecule has 1 rings (SSSR count). The third-order valence-electron chi connectivity index (χ3n) is 2.80.